The fourth-order valence-corrected chi connectivity index (χ4v) is 2.29. The summed E-state index contributed by atoms with van der Waals surface area (Å²) in [5.74, 6) is -0.384. The molecule has 0 amide bonds. The van der Waals surface area contributed by atoms with Gasteiger partial charge in [-0.25, -0.2) is 0 Å². The van der Waals surface area contributed by atoms with Crippen molar-refractivity contribution in [3.8, 4) is 0 Å². The fourth-order valence-electron chi connectivity index (χ4n) is 1.34. The summed E-state index contributed by atoms with van der Waals surface area (Å²) in [5.41, 5.74) is 1.01. The summed E-state index contributed by atoms with van der Waals surface area (Å²) in [6.07, 6.45) is -6.83. The van der Waals surface area contributed by atoms with E-state index in [2.05, 4.69) is 5.32 Å². The number of thioether (sulfide) groups is 1. The molecule has 6 heteroatoms. The third-order valence-electron chi connectivity index (χ3n) is 2.40. The molecule has 0 radical (unpaired) electrons. The molecule has 2 N–H and O–H groups in total. The van der Waals surface area contributed by atoms with Crippen LogP contribution in [0.2, 0.25) is 0 Å². The van der Waals surface area contributed by atoms with E-state index in [0.29, 0.717) is 12.6 Å². The largest absolute Gasteiger partial charge is 0.415 e. The highest BCUT2D eigenvalue weighted by Gasteiger charge is 2.37. The molecule has 0 bridgehead atoms. The monoisotopic (exact) mass is 293 g/mol. The van der Waals surface area contributed by atoms with Gasteiger partial charge in [-0.3, -0.25) is 0 Å². The smallest absolute Gasteiger partial charge is 0.383 e. The molecule has 0 aliphatic rings. The molecular weight excluding hydrogens is 275 g/mol. The van der Waals surface area contributed by atoms with Gasteiger partial charge in [0.2, 0.25) is 0 Å². The van der Waals surface area contributed by atoms with E-state index in [-0.39, 0.29) is 5.75 Å². The SMILES string of the molecule is CC(C)NCc1cccc(SCC(O)C(F)(F)F)c1. The third-order valence-corrected chi connectivity index (χ3v) is 3.47. The van der Waals surface area contributed by atoms with E-state index in [9.17, 15) is 13.2 Å². The van der Waals surface area contributed by atoms with Crippen LogP contribution in [0, 0.1) is 0 Å². The van der Waals surface area contributed by atoms with Crippen molar-refractivity contribution >= 4 is 11.8 Å². The maximum Gasteiger partial charge on any atom is 0.415 e. The van der Waals surface area contributed by atoms with E-state index in [4.69, 9.17) is 5.11 Å². The van der Waals surface area contributed by atoms with Crippen LogP contribution in [0.3, 0.4) is 0 Å². The fraction of sp³-hybridized carbons (Fsp3) is 0.538. The number of benzene rings is 1. The number of aliphatic hydroxyl groups excluding tert-OH is 1. The minimum absolute atomic E-state index is 0.350. The van der Waals surface area contributed by atoms with E-state index in [1.165, 1.54) is 0 Å². The van der Waals surface area contributed by atoms with Crippen LogP contribution in [0.5, 0.6) is 0 Å². The molecule has 0 saturated heterocycles. The molecule has 108 valence electrons. The minimum Gasteiger partial charge on any atom is -0.383 e. The highest BCUT2D eigenvalue weighted by atomic mass is 32.2. The van der Waals surface area contributed by atoms with Gasteiger partial charge in [-0.15, -0.1) is 11.8 Å². The number of halogens is 3. The Bertz CT molecular complexity index is 396. The molecule has 1 aromatic rings. The van der Waals surface area contributed by atoms with Crippen molar-refractivity contribution in [1.82, 2.24) is 5.32 Å². The molecule has 0 spiro atoms. The molecule has 0 fully saturated rings. The van der Waals surface area contributed by atoms with Crippen LogP contribution in [0.4, 0.5) is 13.2 Å². The van der Waals surface area contributed by atoms with E-state index < -0.39 is 12.3 Å². The molecule has 0 aliphatic carbocycles. The number of hydrogen-bond acceptors (Lipinski definition) is 3. The normalized spacial score (nSPS) is 13.8. The van der Waals surface area contributed by atoms with E-state index in [1.807, 2.05) is 26.0 Å². The first-order valence-corrected chi connectivity index (χ1v) is 6.97. The first-order chi connectivity index (χ1) is 8.79. The van der Waals surface area contributed by atoms with E-state index in [0.717, 1.165) is 22.2 Å². The van der Waals surface area contributed by atoms with Crippen LogP contribution in [0.15, 0.2) is 29.2 Å². The van der Waals surface area contributed by atoms with Crippen LogP contribution in [0.1, 0.15) is 19.4 Å². The van der Waals surface area contributed by atoms with Gasteiger partial charge in [-0.2, -0.15) is 13.2 Å². The van der Waals surface area contributed by atoms with Crippen molar-refractivity contribution in [2.45, 2.75) is 43.6 Å². The lowest BCUT2D eigenvalue weighted by Crippen LogP contribution is -2.30. The summed E-state index contributed by atoms with van der Waals surface area (Å²) in [6.45, 7) is 4.73. The summed E-state index contributed by atoms with van der Waals surface area (Å²) < 4.78 is 36.5. The number of rotatable bonds is 6. The Morgan fingerprint density at radius 1 is 1.32 bits per heavy atom. The lowest BCUT2D eigenvalue weighted by Gasteiger charge is -2.14. The summed E-state index contributed by atoms with van der Waals surface area (Å²) in [5, 5.41) is 12.2. The summed E-state index contributed by atoms with van der Waals surface area (Å²) in [7, 11) is 0. The zero-order valence-electron chi connectivity index (χ0n) is 10.9. The van der Waals surface area contributed by atoms with Gasteiger partial charge in [-0.05, 0) is 17.7 Å². The molecule has 1 atom stereocenters. The van der Waals surface area contributed by atoms with Gasteiger partial charge >= 0.3 is 6.18 Å². The Morgan fingerprint density at radius 2 is 2.00 bits per heavy atom. The number of hydrogen-bond donors (Lipinski definition) is 2. The number of alkyl halides is 3. The molecule has 19 heavy (non-hydrogen) atoms. The maximum atomic E-state index is 12.2. The summed E-state index contributed by atoms with van der Waals surface area (Å²) >= 11 is 1.01. The molecule has 1 aromatic carbocycles. The molecule has 0 saturated carbocycles. The highest BCUT2D eigenvalue weighted by Crippen LogP contribution is 2.27. The van der Waals surface area contributed by atoms with Gasteiger partial charge in [-0.1, -0.05) is 26.0 Å². The van der Waals surface area contributed by atoms with Gasteiger partial charge in [0.25, 0.3) is 0 Å². The third kappa shape index (κ3) is 6.31. The second-order valence-electron chi connectivity index (χ2n) is 4.55. The number of aliphatic hydroxyl groups is 1. The molecule has 1 rings (SSSR count). The van der Waals surface area contributed by atoms with Gasteiger partial charge < -0.3 is 10.4 Å². The van der Waals surface area contributed by atoms with Gasteiger partial charge in [0.15, 0.2) is 6.10 Å². The molecule has 2 nitrogen and oxygen atoms in total. The second-order valence-corrected chi connectivity index (χ2v) is 5.64. The Hall–Kier alpha value is -0.720. The van der Waals surface area contributed by atoms with Crippen LogP contribution in [-0.2, 0) is 6.54 Å². The first-order valence-electron chi connectivity index (χ1n) is 5.99. The quantitative estimate of drug-likeness (QED) is 0.790. The Balaban J connectivity index is 2.53. The predicted octanol–water partition coefficient (Wildman–Crippen LogP) is 3.20. The lowest BCUT2D eigenvalue weighted by atomic mass is 10.2. The second kappa shape index (κ2) is 7.17. The summed E-state index contributed by atoms with van der Waals surface area (Å²) in [4.78, 5) is 0.728. The van der Waals surface area contributed by atoms with Crippen molar-refractivity contribution in [1.29, 1.82) is 0 Å². The molecule has 0 heterocycles. The van der Waals surface area contributed by atoms with Crippen LogP contribution in [0.25, 0.3) is 0 Å². The molecule has 0 aromatic heterocycles. The summed E-state index contributed by atoms with van der Waals surface area (Å²) in [6, 6.07) is 7.65. The Morgan fingerprint density at radius 3 is 2.58 bits per heavy atom. The van der Waals surface area contributed by atoms with E-state index >= 15 is 0 Å². The maximum absolute atomic E-state index is 12.2. The lowest BCUT2D eigenvalue weighted by molar-refractivity contribution is -0.195. The van der Waals surface area contributed by atoms with Gasteiger partial charge in [0.05, 0.1) is 0 Å². The van der Waals surface area contributed by atoms with Crippen molar-refractivity contribution < 1.29 is 18.3 Å². The molecule has 0 aliphatic heterocycles. The molecule has 1 unspecified atom stereocenters. The average molecular weight is 293 g/mol. The van der Waals surface area contributed by atoms with Crippen molar-refractivity contribution in [2.75, 3.05) is 5.75 Å². The highest BCUT2D eigenvalue weighted by molar-refractivity contribution is 7.99. The average Bonchev–Trinajstić information content (AvgIpc) is 2.32. The van der Waals surface area contributed by atoms with Crippen molar-refractivity contribution in [2.24, 2.45) is 0 Å². The van der Waals surface area contributed by atoms with Crippen molar-refractivity contribution in [3.63, 3.8) is 0 Å². The molecular formula is C13H18F3NOS. The first kappa shape index (κ1) is 16.3. The number of nitrogens with one attached hydrogen (secondary N) is 1. The van der Waals surface area contributed by atoms with Crippen LogP contribution < -0.4 is 5.32 Å². The van der Waals surface area contributed by atoms with Crippen molar-refractivity contribution in [3.05, 3.63) is 29.8 Å². The predicted molar refractivity (Wildman–Crippen MR) is 71.2 cm³/mol. The zero-order chi connectivity index (χ0) is 14.5. The standard InChI is InChI=1S/C13H18F3NOS/c1-9(2)17-7-10-4-3-5-11(6-10)19-8-12(18)13(14,15)16/h3-6,9,12,17-18H,7-8H2,1-2H3. The Labute approximate surface area is 115 Å². The van der Waals surface area contributed by atoms with Gasteiger partial charge in [0.1, 0.15) is 0 Å². The van der Waals surface area contributed by atoms with Gasteiger partial charge in [0, 0.05) is 23.2 Å². The van der Waals surface area contributed by atoms with Crippen LogP contribution >= 0.6 is 11.8 Å². The zero-order valence-corrected chi connectivity index (χ0v) is 11.7. The topological polar surface area (TPSA) is 32.3 Å². The minimum atomic E-state index is -4.55. The van der Waals surface area contributed by atoms with E-state index in [1.54, 1.807) is 12.1 Å². The Kier molecular flexibility index (Phi) is 6.16. The van der Waals surface area contributed by atoms with Crippen LogP contribution in [-0.4, -0.2) is 29.2 Å².